The molecule has 150 valence electrons. The Labute approximate surface area is 164 Å². The largest absolute Gasteiger partial charge is 0.370 e. The Morgan fingerprint density at radius 3 is 2.57 bits per heavy atom. The van der Waals surface area contributed by atoms with Crippen LogP contribution in [0.25, 0.3) is 0 Å². The Kier molecular flexibility index (Phi) is 6.18. The van der Waals surface area contributed by atoms with Crippen molar-refractivity contribution in [2.24, 2.45) is 0 Å². The predicted octanol–water partition coefficient (Wildman–Crippen LogP) is 3.83. The lowest BCUT2D eigenvalue weighted by Gasteiger charge is -2.22. The number of para-hydroxylation sites is 1. The van der Waals surface area contributed by atoms with Gasteiger partial charge in [-0.15, -0.1) is 0 Å². The molecule has 1 amide bonds. The first-order valence-electron chi connectivity index (χ1n) is 9.35. The van der Waals surface area contributed by atoms with Crippen molar-refractivity contribution in [1.29, 1.82) is 0 Å². The van der Waals surface area contributed by atoms with E-state index in [4.69, 9.17) is 0 Å². The molecule has 0 spiro atoms. The van der Waals surface area contributed by atoms with Crippen molar-refractivity contribution in [2.45, 2.75) is 26.2 Å². The summed E-state index contributed by atoms with van der Waals surface area (Å²) in [5.41, 5.74) is 1.35. The fourth-order valence-electron chi connectivity index (χ4n) is 3.27. The number of hydrogen-bond acceptors (Lipinski definition) is 4. The van der Waals surface area contributed by atoms with Gasteiger partial charge in [-0.3, -0.25) is 9.52 Å². The molecular weight excluding hydrogens is 381 g/mol. The molecule has 0 aliphatic carbocycles. The van der Waals surface area contributed by atoms with Crippen molar-refractivity contribution in [3.63, 3.8) is 0 Å². The van der Waals surface area contributed by atoms with E-state index in [1.54, 1.807) is 37.3 Å². The molecule has 2 aromatic carbocycles. The SMILES string of the molecule is CCCS(=O)(=O)Nc1cccc(C(=O)Nc2c(F)cccc2N2CCCC2)c1. The first-order chi connectivity index (χ1) is 13.4. The maximum absolute atomic E-state index is 14.4. The van der Waals surface area contributed by atoms with Crippen LogP contribution in [-0.2, 0) is 10.0 Å². The zero-order valence-corrected chi connectivity index (χ0v) is 16.6. The van der Waals surface area contributed by atoms with Gasteiger partial charge in [0.05, 0.1) is 11.4 Å². The predicted molar refractivity (Wildman–Crippen MR) is 110 cm³/mol. The van der Waals surface area contributed by atoms with Crippen molar-refractivity contribution < 1.29 is 17.6 Å². The monoisotopic (exact) mass is 405 g/mol. The Hall–Kier alpha value is -2.61. The molecule has 0 saturated carbocycles. The summed E-state index contributed by atoms with van der Waals surface area (Å²) >= 11 is 0. The summed E-state index contributed by atoms with van der Waals surface area (Å²) in [5, 5.41) is 2.65. The normalized spacial score (nSPS) is 14.1. The summed E-state index contributed by atoms with van der Waals surface area (Å²) in [6.07, 6.45) is 2.55. The summed E-state index contributed by atoms with van der Waals surface area (Å²) < 4.78 is 40.8. The first kappa shape index (κ1) is 20.1. The number of hydrogen-bond donors (Lipinski definition) is 2. The second-order valence-corrected chi connectivity index (χ2v) is 8.63. The van der Waals surface area contributed by atoms with Gasteiger partial charge in [-0.1, -0.05) is 19.1 Å². The van der Waals surface area contributed by atoms with Gasteiger partial charge in [-0.2, -0.15) is 0 Å². The number of carbonyl (C=O) groups excluding carboxylic acids is 1. The average Bonchev–Trinajstić information content (AvgIpc) is 3.17. The molecule has 1 heterocycles. The maximum atomic E-state index is 14.4. The summed E-state index contributed by atoms with van der Waals surface area (Å²) in [7, 11) is -3.46. The summed E-state index contributed by atoms with van der Waals surface area (Å²) in [5.74, 6) is -1.00. The summed E-state index contributed by atoms with van der Waals surface area (Å²) in [4.78, 5) is 14.8. The van der Waals surface area contributed by atoms with Gasteiger partial charge in [0, 0.05) is 24.3 Å². The van der Waals surface area contributed by atoms with E-state index in [1.807, 2.05) is 4.90 Å². The molecule has 1 fully saturated rings. The third kappa shape index (κ3) is 4.81. The highest BCUT2D eigenvalue weighted by atomic mass is 32.2. The molecular formula is C20H24FN3O3S. The third-order valence-electron chi connectivity index (χ3n) is 4.55. The molecule has 6 nitrogen and oxygen atoms in total. The fraction of sp³-hybridized carbons (Fsp3) is 0.350. The smallest absolute Gasteiger partial charge is 0.255 e. The van der Waals surface area contributed by atoms with Crippen molar-refractivity contribution in [3.05, 3.63) is 53.8 Å². The van der Waals surface area contributed by atoms with Gasteiger partial charge in [0.1, 0.15) is 11.5 Å². The zero-order chi connectivity index (χ0) is 20.1. The zero-order valence-electron chi connectivity index (χ0n) is 15.7. The summed E-state index contributed by atoms with van der Waals surface area (Å²) in [6, 6.07) is 10.9. The minimum absolute atomic E-state index is 0.00214. The van der Waals surface area contributed by atoms with Crippen LogP contribution in [0.4, 0.5) is 21.5 Å². The Bertz CT molecular complexity index is 957. The molecule has 2 N–H and O–H groups in total. The lowest BCUT2D eigenvalue weighted by atomic mass is 10.1. The second-order valence-electron chi connectivity index (χ2n) is 6.78. The van der Waals surface area contributed by atoms with Gasteiger partial charge in [0.25, 0.3) is 5.91 Å². The molecule has 1 saturated heterocycles. The molecule has 1 aliphatic rings. The first-order valence-corrected chi connectivity index (χ1v) is 11.0. The van der Waals surface area contributed by atoms with Crippen LogP contribution in [0.3, 0.4) is 0 Å². The molecule has 8 heteroatoms. The quantitative estimate of drug-likeness (QED) is 0.734. The van der Waals surface area contributed by atoms with E-state index in [1.165, 1.54) is 12.1 Å². The second kappa shape index (κ2) is 8.60. The van der Waals surface area contributed by atoms with Gasteiger partial charge in [0.2, 0.25) is 10.0 Å². The molecule has 1 aliphatic heterocycles. The summed E-state index contributed by atoms with van der Waals surface area (Å²) in [6.45, 7) is 3.41. The lowest BCUT2D eigenvalue weighted by molar-refractivity contribution is 0.102. The number of rotatable bonds is 7. The van der Waals surface area contributed by atoms with Crippen LogP contribution in [0.5, 0.6) is 0 Å². The number of halogens is 1. The molecule has 0 unspecified atom stereocenters. The molecule has 0 radical (unpaired) electrons. The number of benzene rings is 2. The molecule has 0 bridgehead atoms. The number of nitrogens with zero attached hydrogens (tertiary/aromatic N) is 1. The molecule has 28 heavy (non-hydrogen) atoms. The molecule has 0 aromatic heterocycles. The highest BCUT2D eigenvalue weighted by Crippen LogP contribution is 2.31. The lowest BCUT2D eigenvalue weighted by Crippen LogP contribution is -2.22. The number of nitrogens with one attached hydrogen (secondary N) is 2. The number of sulfonamides is 1. The Morgan fingerprint density at radius 1 is 1.14 bits per heavy atom. The van der Waals surface area contributed by atoms with Crippen molar-refractivity contribution in [2.75, 3.05) is 33.8 Å². The number of amides is 1. The molecule has 0 atom stereocenters. The fourth-order valence-corrected chi connectivity index (χ4v) is 4.39. The van der Waals surface area contributed by atoms with Gasteiger partial charge < -0.3 is 10.2 Å². The van der Waals surface area contributed by atoms with Gasteiger partial charge in [-0.25, -0.2) is 12.8 Å². The van der Waals surface area contributed by atoms with E-state index in [0.717, 1.165) is 25.9 Å². The highest BCUT2D eigenvalue weighted by Gasteiger charge is 2.20. The van der Waals surface area contributed by atoms with Gasteiger partial charge >= 0.3 is 0 Å². The van der Waals surface area contributed by atoms with Crippen LogP contribution in [0.1, 0.15) is 36.5 Å². The highest BCUT2D eigenvalue weighted by molar-refractivity contribution is 7.92. The van der Waals surface area contributed by atoms with Crippen LogP contribution in [0, 0.1) is 5.82 Å². The van der Waals surface area contributed by atoms with Crippen molar-refractivity contribution in [1.82, 2.24) is 0 Å². The molecule has 3 rings (SSSR count). The number of carbonyl (C=O) groups is 1. The van der Waals surface area contributed by atoms with E-state index in [2.05, 4.69) is 10.0 Å². The van der Waals surface area contributed by atoms with Crippen LogP contribution in [0.2, 0.25) is 0 Å². The van der Waals surface area contributed by atoms with E-state index in [-0.39, 0.29) is 17.0 Å². The van der Waals surface area contributed by atoms with E-state index in [9.17, 15) is 17.6 Å². The van der Waals surface area contributed by atoms with E-state index in [0.29, 0.717) is 17.8 Å². The standard InChI is InChI=1S/C20H24FN3O3S/c1-2-13-28(26,27)23-16-8-5-7-15(14-16)20(25)22-19-17(21)9-6-10-18(19)24-11-3-4-12-24/h5-10,14,23H,2-4,11-13H2,1H3,(H,22,25). The third-order valence-corrected chi connectivity index (χ3v) is 6.04. The minimum Gasteiger partial charge on any atom is -0.370 e. The van der Waals surface area contributed by atoms with Crippen LogP contribution in [-0.4, -0.2) is 33.2 Å². The minimum atomic E-state index is -3.46. The van der Waals surface area contributed by atoms with Gasteiger partial charge in [-0.05, 0) is 49.6 Å². The van der Waals surface area contributed by atoms with Gasteiger partial charge in [0.15, 0.2) is 0 Å². The topological polar surface area (TPSA) is 78.5 Å². The average molecular weight is 405 g/mol. The van der Waals surface area contributed by atoms with E-state index >= 15 is 0 Å². The van der Waals surface area contributed by atoms with Crippen LogP contribution >= 0.6 is 0 Å². The van der Waals surface area contributed by atoms with Crippen molar-refractivity contribution >= 4 is 33.0 Å². The maximum Gasteiger partial charge on any atom is 0.255 e. The molecule has 2 aromatic rings. The van der Waals surface area contributed by atoms with Crippen LogP contribution in [0.15, 0.2) is 42.5 Å². The van der Waals surface area contributed by atoms with Crippen molar-refractivity contribution in [3.8, 4) is 0 Å². The number of anilines is 3. The Balaban J connectivity index is 1.82. The Morgan fingerprint density at radius 2 is 1.86 bits per heavy atom. The van der Waals surface area contributed by atoms with E-state index < -0.39 is 21.7 Å². The van der Waals surface area contributed by atoms with Crippen LogP contribution < -0.4 is 14.9 Å².